The van der Waals surface area contributed by atoms with Gasteiger partial charge in [-0.15, -0.1) is 0 Å². The maximum atomic E-state index is 6.37. The number of hydrogen-bond acceptors (Lipinski definition) is 2. The van der Waals surface area contributed by atoms with Crippen molar-refractivity contribution in [2.24, 2.45) is 29.4 Å². The van der Waals surface area contributed by atoms with Crippen LogP contribution >= 0.6 is 0 Å². The first kappa shape index (κ1) is 13.6. The van der Waals surface area contributed by atoms with E-state index >= 15 is 0 Å². The zero-order chi connectivity index (χ0) is 13.6. The van der Waals surface area contributed by atoms with Gasteiger partial charge in [0.1, 0.15) is 0 Å². The average Bonchev–Trinajstić information content (AvgIpc) is 3.30. The lowest BCUT2D eigenvalue weighted by atomic mass is 9.72. The van der Waals surface area contributed by atoms with Crippen LogP contribution in [0, 0.1) is 23.7 Å². The molecule has 0 spiro atoms. The smallest absolute Gasteiger partial charge is 0.0334 e. The van der Waals surface area contributed by atoms with Crippen molar-refractivity contribution >= 4 is 0 Å². The van der Waals surface area contributed by atoms with Crippen molar-refractivity contribution in [2.45, 2.75) is 69.7 Å². The number of nitrogens with zero attached hydrogens (tertiary/aromatic N) is 1. The van der Waals surface area contributed by atoms with Gasteiger partial charge in [0.15, 0.2) is 0 Å². The van der Waals surface area contributed by atoms with Crippen LogP contribution in [-0.4, -0.2) is 30.1 Å². The lowest BCUT2D eigenvalue weighted by molar-refractivity contribution is 0.0235. The van der Waals surface area contributed by atoms with E-state index in [0.717, 1.165) is 30.2 Å². The maximum Gasteiger partial charge on any atom is 0.0334 e. The molecule has 2 heteroatoms. The van der Waals surface area contributed by atoms with Crippen LogP contribution in [-0.2, 0) is 0 Å². The topological polar surface area (TPSA) is 29.3 Å². The van der Waals surface area contributed by atoms with Crippen molar-refractivity contribution in [3.8, 4) is 0 Å². The van der Waals surface area contributed by atoms with Gasteiger partial charge < -0.3 is 5.73 Å². The van der Waals surface area contributed by atoms with Crippen LogP contribution in [0.4, 0.5) is 0 Å². The van der Waals surface area contributed by atoms with E-state index in [1.165, 1.54) is 77.3 Å². The van der Waals surface area contributed by atoms with Gasteiger partial charge in [-0.3, -0.25) is 4.90 Å². The Balaban J connectivity index is 1.48. The summed E-state index contributed by atoms with van der Waals surface area (Å²) in [5.74, 6) is 4.11. The Morgan fingerprint density at radius 1 is 0.850 bits per heavy atom. The van der Waals surface area contributed by atoms with Crippen LogP contribution in [0.25, 0.3) is 0 Å². The van der Waals surface area contributed by atoms with Crippen LogP contribution in [0.5, 0.6) is 0 Å². The summed E-state index contributed by atoms with van der Waals surface area (Å²) in [7, 11) is 0. The van der Waals surface area contributed by atoms with Gasteiger partial charge in [-0.2, -0.15) is 0 Å². The molecule has 0 amide bonds. The molecule has 4 saturated carbocycles. The van der Waals surface area contributed by atoms with Gasteiger partial charge >= 0.3 is 0 Å². The van der Waals surface area contributed by atoms with E-state index in [-0.39, 0.29) is 0 Å². The molecular formula is C18H32N2. The molecule has 114 valence electrons. The second-order valence-electron chi connectivity index (χ2n) is 8.41. The summed E-state index contributed by atoms with van der Waals surface area (Å²) in [6.45, 7) is 3.64. The fourth-order valence-corrected chi connectivity index (χ4v) is 4.64. The van der Waals surface area contributed by atoms with Crippen LogP contribution in [0.2, 0.25) is 0 Å². The van der Waals surface area contributed by atoms with Gasteiger partial charge in [-0.1, -0.05) is 12.8 Å². The van der Waals surface area contributed by atoms with Gasteiger partial charge in [0.25, 0.3) is 0 Å². The van der Waals surface area contributed by atoms with E-state index in [9.17, 15) is 0 Å². The molecule has 2 nitrogen and oxygen atoms in total. The lowest BCUT2D eigenvalue weighted by Gasteiger charge is -2.49. The molecule has 4 fully saturated rings. The van der Waals surface area contributed by atoms with E-state index in [0.29, 0.717) is 5.54 Å². The first-order valence-corrected chi connectivity index (χ1v) is 9.24. The van der Waals surface area contributed by atoms with E-state index in [4.69, 9.17) is 5.73 Å². The van der Waals surface area contributed by atoms with Crippen molar-refractivity contribution in [3.63, 3.8) is 0 Å². The fraction of sp³-hybridized carbons (Fsp3) is 1.00. The van der Waals surface area contributed by atoms with Gasteiger partial charge in [-0.25, -0.2) is 0 Å². The highest BCUT2D eigenvalue weighted by atomic mass is 15.2. The highest BCUT2D eigenvalue weighted by molar-refractivity contribution is 5.02. The minimum atomic E-state index is 0.386. The Hall–Kier alpha value is -0.0800. The Morgan fingerprint density at radius 2 is 1.50 bits per heavy atom. The monoisotopic (exact) mass is 276 g/mol. The first-order valence-electron chi connectivity index (χ1n) is 9.24. The predicted octanol–water partition coefficient (Wildman–Crippen LogP) is 3.41. The van der Waals surface area contributed by atoms with Crippen LogP contribution < -0.4 is 5.73 Å². The van der Waals surface area contributed by atoms with Gasteiger partial charge in [0, 0.05) is 25.2 Å². The molecule has 0 bridgehead atoms. The van der Waals surface area contributed by atoms with Crippen molar-refractivity contribution in [1.29, 1.82) is 0 Å². The number of rotatable bonds is 7. The van der Waals surface area contributed by atoms with Crippen molar-refractivity contribution in [3.05, 3.63) is 0 Å². The van der Waals surface area contributed by atoms with Crippen LogP contribution in [0.1, 0.15) is 64.2 Å². The zero-order valence-electron chi connectivity index (χ0n) is 13.0. The highest BCUT2D eigenvalue weighted by Crippen LogP contribution is 2.49. The SMILES string of the molecule is NCC1(N(CC2CC2)CC2CC2)CCCC(C2CC2)C1. The molecule has 0 aromatic carbocycles. The van der Waals surface area contributed by atoms with Gasteiger partial charge in [0.05, 0.1) is 0 Å². The summed E-state index contributed by atoms with van der Waals surface area (Å²) in [6, 6.07) is 0. The molecule has 20 heavy (non-hydrogen) atoms. The molecular weight excluding hydrogens is 244 g/mol. The molecule has 0 radical (unpaired) electrons. The lowest BCUT2D eigenvalue weighted by Crippen LogP contribution is -2.57. The Kier molecular flexibility index (Phi) is 3.58. The average molecular weight is 276 g/mol. The Labute approximate surface area is 124 Å². The Morgan fingerprint density at radius 3 is 2.00 bits per heavy atom. The van der Waals surface area contributed by atoms with Crippen LogP contribution in [0.3, 0.4) is 0 Å². The summed E-state index contributed by atoms with van der Waals surface area (Å²) >= 11 is 0. The molecule has 4 aliphatic carbocycles. The zero-order valence-corrected chi connectivity index (χ0v) is 13.0. The first-order chi connectivity index (χ1) is 9.79. The van der Waals surface area contributed by atoms with Crippen molar-refractivity contribution < 1.29 is 0 Å². The second-order valence-corrected chi connectivity index (χ2v) is 8.41. The molecule has 2 unspecified atom stereocenters. The summed E-state index contributed by atoms with van der Waals surface area (Å²) < 4.78 is 0. The third-order valence-electron chi connectivity index (χ3n) is 6.55. The normalized spacial score (nSPS) is 38.4. The quantitative estimate of drug-likeness (QED) is 0.772. The molecule has 4 aliphatic rings. The number of hydrogen-bond donors (Lipinski definition) is 1. The minimum absolute atomic E-state index is 0.386. The molecule has 2 atom stereocenters. The molecule has 0 aromatic rings. The highest BCUT2D eigenvalue weighted by Gasteiger charge is 2.46. The van der Waals surface area contributed by atoms with Crippen molar-refractivity contribution in [1.82, 2.24) is 4.90 Å². The summed E-state index contributed by atoms with van der Waals surface area (Å²) in [6.07, 6.45) is 14.7. The maximum absolute atomic E-state index is 6.37. The molecule has 0 heterocycles. The molecule has 0 saturated heterocycles. The van der Waals surface area contributed by atoms with Crippen LogP contribution in [0.15, 0.2) is 0 Å². The molecule has 4 rings (SSSR count). The van der Waals surface area contributed by atoms with E-state index in [1.807, 2.05) is 0 Å². The predicted molar refractivity (Wildman–Crippen MR) is 83.5 cm³/mol. The van der Waals surface area contributed by atoms with Crippen molar-refractivity contribution in [2.75, 3.05) is 19.6 Å². The summed E-state index contributed by atoms with van der Waals surface area (Å²) in [5, 5.41) is 0. The standard InChI is InChI=1S/C18H32N2/c19-13-18(9-1-2-17(10-18)16-7-8-16)20(11-14-3-4-14)12-15-5-6-15/h14-17H,1-13,19H2. The Bertz CT molecular complexity index is 329. The largest absolute Gasteiger partial charge is 0.329 e. The molecule has 2 N–H and O–H groups in total. The summed E-state index contributed by atoms with van der Waals surface area (Å²) in [4.78, 5) is 2.90. The van der Waals surface area contributed by atoms with Gasteiger partial charge in [-0.05, 0) is 75.0 Å². The van der Waals surface area contributed by atoms with E-state index in [2.05, 4.69) is 4.90 Å². The third-order valence-corrected chi connectivity index (χ3v) is 6.55. The van der Waals surface area contributed by atoms with E-state index < -0.39 is 0 Å². The van der Waals surface area contributed by atoms with E-state index in [1.54, 1.807) is 0 Å². The fourth-order valence-electron chi connectivity index (χ4n) is 4.64. The van der Waals surface area contributed by atoms with Gasteiger partial charge in [0.2, 0.25) is 0 Å². The third kappa shape index (κ3) is 2.92. The minimum Gasteiger partial charge on any atom is -0.329 e. The molecule has 0 aliphatic heterocycles. The second kappa shape index (κ2) is 5.28. The molecule has 0 aromatic heterocycles. The summed E-state index contributed by atoms with van der Waals surface area (Å²) in [5.41, 5.74) is 6.76. The number of nitrogens with two attached hydrogens (primary N) is 1.